The van der Waals surface area contributed by atoms with Crippen molar-refractivity contribution in [3.63, 3.8) is 0 Å². The van der Waals surface area contributed by atoms with Crippen molar-refractivity contribution >= 4 is 12.2 Å². The Morgan fingerprint density at radius 1 is 1.21 bits per heavy atom. The summed E-state index contributed by atoms with van der Waals surface area (Å²) in [6.45, 7) is 3.60. The van der Waals surface area contributed by atoms with Crippen LogP contribution in [0.2, 0.25) is 0 Å². The van der Waals surface area contributed by atoms with Crippen molar-refractivity contribution in [3.05, 3.63) is 24.3 Å². The molecule has 0 fully saturated rings. The SMILES string of the molecule is C=C(/C=C/COC(N)=O)COC(N)=O. The molecule has 0 atom stereocenters. The second-order valence-corrected chi connectivity index (χ2v) is 2.30. The van der Waals surface area contributed by atoms with Gasteiger partial charge < -0.3 is 20.9 Å². The van der Waals surface area contributed by atoms with E-state index in [0.717, 1.165) is 0 Å². The van der Waals surface area contributed by atoms with E-state index in [9.17, 15) is 9.59 Å². The summed E-state index contributed by atoms with van der Waals surface area (Å²) in [5, 5.41) is 0. The van der Waals surface area contributed by atoms with E-state index < -0.39 is 12.2 Å². The quantitative estimate of drug-likeness (QED) is 0.622. The Labute approximate surface area is 81.1 Å². The predicted octanol–water partition coefficient (Wildman–Crippen LogP) is 0.289. The molecule has 0 aromatic carbocycles. The zero-order valence-electron chi connectivity index (χ0n) is 7.56. The molecule has 2 amide bonds. The lowest BCUT2D eigenvalue weighted by atomic mass is 10.3. The van der Waals surface area contributed by atoms with Gasteiger partial charge in [0.25, 0.3) is 0 Å². The number of nitrogens with two attached hydrogens (primary N) is 2. The van der Waals surface area contributed by atoms with Crippen LogP contribution in [0.1, 0.15) is 0 Å². The molecule has 0 aliphatic heterocycles. The molecule has 0 heterocycles. The zero-order valence-corrected chi connectivity index (χ0v) is 7.56. The molecule has 0 saturated heterocycles. The first-order valence-corrected chi connectivity index (χ1v) is 3.71. The highest BCUT2D eigenvalue weighted by molar-refractivity contribution is 5.65. The molecule has 78 valence electrons. The molecule has 0 aromatic heterocycles. The molecule has 4 N–H and O–H groups in total. The first-order valence-electron chi connectivity index (χ1n) is 3.71. The van der Waals surface area contributed by atoms with Crippen molar-refractivity contribution in [2.75, 3.05) is 13.2 Å². The summed E-state index contributed by atoms with van der Waals surface area (Å²) in [7, 11) is 0. The maximum Gasteiger partial charge on any atom is 0.404 e. The second kappa shape index (κ2) is 6.53. The van der Waals surface area contributed by atoms with E-state index in [2.05, 4.69) is 16.1 Å². The van der Waals surface area contributed by atoms with E-state index in [0.29, 0.717) is 5.57 Å². The summed E-state index contributed by atoms with van der Waals surface area (Å²) in [4.78, 5) is 20.3. The van der Waals surface area contributed by atoms with Gasteiger partial charge in [-0.15, -0.1) is 0 Å². The fourth-order valence-corrected chi connectivity index (χ4v) is 0.557. The number of carbonyl (C=O) groups excluding carboxylic acids is 2. The Bertz CT molecular complexity index is 260. The third kappa shape index (κ3) is 8.12. The molecule has 0 aliphatic rings. The van der Waals surface area contributed by atoms with E-state index >= 15 is 0 Å². The molecule has 0 saturated carbocycles. The topological polar surface area (TPSA) is 105 Å². The van der Waals surface area contributed by atoms with E-state index in [1.54, 1.807) is 0 Å². The summed E-state index contributed by atoms with van der Waals surface area (Å²) in [6.07, 6.45) is 1.32. The Kier molecular flexibility index (Phi) is 5.60. The molecule has 14 heavy (non-hydrogen) atoms. The summed E-state index contributed by atoms with van der Waals surface area (Å²) < 4.78 is 8.83. The van der Waals surface area contributed by atoms with E-state index in [1.165, 1.54) is 12.2 Å². The maximum absolute atomic E-state index is 10.2. The molecule has 0 unspecified atom stereocenters. The average molecular weight is 200 g/mol. The number of amides is 2. The highest BCUT2D eigenvalue weighted by Gasteiger charge is 1.94. The summed E-state index contributed by atoms with van der Waals surface area (Å²) in [6, 6.07) is 0. The van der Waals surface area contributed by atoms with Gasteiger partial charge in [0.05, 0.1) is 0 Å². The molecule has 0 radical (unpaired) electrons. The first-order chi connectivity index (χ1) is 6.52. The van der Waals surface area contributed by atoms with Gasteiger partial charge in [-0.2, -0.15) is 0 Å². The second-order valence-electron chi connectivity index (χ2n) is 2.30. The first kappa shape index (κ1) is 12.0. The molecule has 0 spiro atoms. The Hall–Kier alpha value is -1.98. The van der Waals surface area contributed by atoms with Crippen LogP contribution < -0.4 is 11.5 Å². The Morgan fingerprint density at radius 2 is 1.79 bits per heavy atom. The van der Waals surface area contributed by atoms with Crippen LogP contribution >= 0.6 is 0 Å². The summed E-state index contributed by atoms with van der Waals surface area (Å²) in [5.74, 6) is 0. The number of hydrogen-bond donors (Lipinski definition) is 2. The Balaban J connectivity index is 3.60. The van der Waals surface area contributed by atoms with Crippen molar-refractivity contribution < 1.29 is 19.1 Å². The van der Waals surface area contributed by atoms with Crippen LogP contribution in [0, 0.1) is 0 Å². The fourth-order valence-electron chi connectivity index (χ4n) is 0.557. The van der Waals surface area contributed by atoms with Crippen LogP contribution in [0.3, 0.4) is 0 Å². The van der Waals surface area contributed by atoms with Crippen LogP contribution in [-0.4, -0.2) is 25.4 Å². The molecule has 0 rings (SSSR count). The van der Waals surface area contributed by atoms with Crippen LogP contribution in [-0.2, 0) is 9.47 Å². The van der Waals surface area contributed by atoms with Gasteiger partial charge in [-0.3, -0.25) is 0 Å². The van der Waals surface area contributed by atoms with Gasteiger partial charge in [0, 0.05) is 0 Å². The van der Waals surface area contributed by atoms with Crippen molar-refractivity contribution in [3.8, 4) is 0 Å². The molecule has 0 aromatic rings. The van der Waals surface area contributed by atoms with Crippen LogP contribution in [0.5, 0.6) is 0 Å². The number of primary amides is 2. The van der Waals surface area contributed by atoms with Gasteiger partial charge in [-0.25, -0.2) is 9.59 Å². The zero-order chi connectivity index (χ0) is 11.0. The van der Waals surface area contributed by atoms with Crippen molar-refractivity contribution in [1.82, 2.24) is 0 Å². The monoisotopic (exact) mass is 200 g/mol. The standard InChI is InChI=1S/C8H12N2O4/c1-6(5-14-8(10)12)3-2-4-13-7(9)11/h2-3H,1,4-5H2,(H2,9,11)(H2,10,12)/b3-2+. The van der Waals surface area contributed by atoms with Gasteiger partial charge in [-0.1, -0.05) is 12.7 Å². The predicted molar refractivity (Wildman–Crippen MR) is 49.4 cm³/mol. The lowest BCUT2D eigenvalue weighted by Gasteiger charge is -2.00. The normalized spacial score (nSPS) is 9.71. The van der Waals surface area contributed by atoms with E-state index in [1.807, 2.05) is 0 Å². The van der Waals surface area contributed by atoms with Gasteiger partial charge in [0.2, 0.25) is 0 Å². The van der Waals surface area contributed by atoms with E-state index in [-0.39, 0.29) is 13.2 Å². The minimum Gasteiger partial charge on any atom is -0.445 e. The highest BCUT2D eigenvalue weighted by Crippen LogP contribution is 1.94. The lowest BCUT2D eigenvalue weighted by molar-refractivity contribution is 0.167. The van der Waals surface area contributed by atoms with Crippen LogP contribution in [0.15, 0.2) is 24.3 Å². The molecule has 0 bridgehead atoms. The third-order valence-corrected chi connectivity index (χ3v) is 1.08. The van der Waals surface area contributed by atoms with Gasteiger partial charge in [0.15, 0.2) is 0 Å². The molecule has 6 nitrogen and oxygen atoms in total. The van der Waals surface area contributed by atoms with Crippen molar-refractivity contribution in [1.29, 1.82) is 0 Å². The Morgan fingerprint density at radius 3 is 2.29 bits per heavy atom. The van der Waals surface area contributed by atoms with Gasteiger partial charge >= 0.3 is 12.2 Å². The largest absolute Gasteiger partial charge is 0.445 e. The van der Waals surface area contributed by atoms with Gasteiger partial charge in [-0.05, 0) is 11.6 Å². The number of ether oxygens (including phenoxy) is 2. The van der Waals surface area contributed by atoms with Crippen molar-refractivity contribution in [2.45, 2.75) is 0 Å². The minimum atomic E-state index is -0.868. The number of carbonyl (C=O) groups is 2. The molecule has 6 heteroatoms. The third-order valence-electron chi connectivity index (χ3n) is 1.08. The lowest BCUT2D eigenvalue weighted by Crippen LogP contribution is -2.14. The smallest absolute Gasteiger partial charge is 0.404 e. The fraction of sp³-hybridized carbons (Fsp3) is 0.250. The average Bonchev–Trinajstić information content (AvgIpc) is 2.08. The summed E-state index contributed by atoms with van der Waals surface area (Å²) >= 11 is 0. The summed E-state index contributed by atoms with van der Waals surface area (Å²) in [5.41, 5.74) is 9.95. The highest BCUT2D eigenvalue weighted by atomic mass is 16.5. The molecule has 0 aliphatic carbocycles. The number of rotatable bonds is 5. The minimum absolute atomic E-state index is 0.00239. The van der Waals surface area contributed by atoms with E-state index in [4.69, 9.17) is 11.5 Å². The molecular weight excluding hydrogens is 188 g/mol. The number of hydrogen-bond acceptors (Lipinski definition) is 4. The van der Waals surface area contributed by atoms with Crippen LogP contribution in [0.25, 0.3) is 0 Å². The van der Waals surface area contributed by atoms with Gasteiger partial charge in [0.1, 0.15) is 13.2 Å². The van der Waals surface area contributed by atoms with Crippen LogP contribution in [0.4, 0.5) is 9.59 Å². The molecular formula is C8H12N2O4. The van der Waals surface area contributed by atoms with Crippen molar-refractivity contribution in [2.24, 2.45) is 11.5 Å². The maximum atomic E-state index is 10.2.